The Morgan fingerprint density at radius 2 is 0.902 bits per heavy atom. The predicted molar refractivity (Wildman–Crippen MR) is 187 cm³/mol. The smallest absolute Gasteiger partial charge is 0.115 e. The molecule has 4 rings (SSSR count). The zero-order valence-corrected chi connectivity index (χ0v) is 29.3. The maximum Gasteiger partial charge on any atom is 0.115 e. The predicted octanol–water partition coefficient (Wildman–Crippen LogP) is 10.7. The third-order valence-electron chi connectivity index (χ3n) is 9.83. The molecule has 216 valence electrons. The van der Waals surface area contributed by atoms with E-state index in [1.807, 2.05) is 12.1 Å². The highest BCUT2D eigenvalue weighted by molar-refractivity contribution is 6.85. The van der Waals surface area contributed by atoms with Gasteiger partial charge >= 0.3 is 0 Å². The van der Waals surface area contributed by atoms with Crippen molar-refractivity contribution >= 4 is 24.2 Å². The molecule has 0 aliphatic heterocycles. The van der Waals surface area contributed by atoms with Crippen LogP contribution in [-0.2, 0) is 5.41 Å². The maximum absolute atomic E-state index is 10.2. The summed E-state index contributed by atoms with van der Waals surface area (Å²) < 4.78 is 0. The van der Waals surface area contributed by atoms with Crippen LogP contribution in [0.5, 0.6) is 5.75 Å². The van der Waals surface area contributed by atoms with Crippen molar-refractivity contribution in [2.24, 2.45) is 0 Å². The average molecular weight is 595 g/mol. The standard InChI is InChI=1S/C37H50OSi3/c1-39(2,34-16-7-8-17-34)29-13-26-37(32-22-24-33(38)25-23-32,27-14-30-40(3,4)35-18-9-10-19-35)28-15-31-41(5,6)36-20-11-12-21-36/h7-12,16,18,20,22-25,38H,13-15,26-31H2,1-6H3. The molecule has 41 heavy (non-hydrogen) atoms. The second-order valence-electron chi connectivity index (χ2n) is 14.3. The van der Waals surface area contributed by atoms with Crippen LogP contribution in [0.4, 0.5) is 0 Å². The number of phenols is 1. The van der Waals surface area contributed by atoms with Crippen LogP contribution in [0.1, 0.15) is 44.1 Å². The van der Waals surface area contributed by atoms with E-state index < -0.39 is 24.2 Å². The summed E-state index contributed by atoms with van der Waals surface area (Å²) in [4.78, 5) is 0. The summed E-state index contributed by atoms with van der Waals surface area (Å²) in [7, 11) is -4.57. The van der Waals surface area contributed by atoms with Crippen molar-refractivity contribution in [1.29, 1.82) is 0 Å². The molecule has 0 radical (unpaired) electrons. The van der Waals surface area contributed by atoms with E-state index in [-0.39, 0.29) is 5.41 Å². The highest BCUT2D eigenvalue weighted by Crippen LogP contribution is 2.43. The summed E-state index contributed by atoms with van der Waals surface area (Å²) in [6.45, 7) is 15.1. The van der Waals surface area contributed by atoms with Crippen LogP contribution in [0.15, 0.2) is 112 Å². The van der Waals surface area contributed by atoms with Gasteiger partial charge in [-0.25, -0.2) is 0 Å². The number of phenolic OH excluding ortho intramolecular Hbond substituents is 1. The fourth-order valence-electron chi connectivity index (χ4n) is 6.89. The number of hydrogen-bond acceptors (Lipinski definition) is 1. The third kappa shape index (κ3) is 8.05. The molecule has 4 heteroatoms. The Morgan fingerprint density at radius 1 is 0.561 bits per heavy atom. The SMILES string of the molecule is C[Si](C)(CCCC(CCC[Si](C)(C)C1=C=CC=C1)(CCC[Si](C)(C)C1=C=CC=C1)c1ccc(O)cc1)C1=C=CC=C1. The summed E-state index contributed by atoms with van der Waals surface area (Å²) in [5.41, 5.74) is 12.1. The first kappa shape index (κ1) is 31.4. The van der Waals surface area contributed by atoms with E-state index in [9.17, 15) is 5.11 Å². The van der Waals surface area contributed by atoms with Gasteiger partial charge in [0.15, 0.2) is 0 Å². The lowest BCUT2D eigenvalue weighted by molar-refractivity contribution is 0.325. The lowest BCUT2D eigenvalue weighted by Gasteiger charge is -2.38. The zero-order valence-electron chi connectivity index (χ0n) is 26.3. The van der Waals surface area contributed by atoms with E-state index in [1.54, 1.807) is 0 Å². The molecule has 0 saturated carbocycles. The quantitative estimate of drug-likeness (QED) is 0.149. The Kier molecular flexibility index (Phi) is 10.1. The summed E-state index contributed by atoms with van der Waals surface area (Å²) in [5, 5.41) is 14.6. The Hall–Kier alpha value is -2.55. The van der Waals surface area contributed by atoms with Crippen molar-refractivity contribution in [1.82, 2.24) is 0 Å². The van der Waals surface area contributed by atoms with Gasteiger partial charge in [-0.05, 0) is 76.2 Å². The van der Waals surface area contributed by atoms with Crippen molar-refractivity contribution in [3.63, 3.8) is 0 Å². The molecule has 1 nitrogen and oxygen atoms in total. The Bertz CT molecular complexity index is 1260. The van der Waals surface area contributed by atoms with Crippen molar-refractivity contribution in [2.45, 2.75) is 101 Å². The molecule has 0 fully saturated rings. The first-order valence-electron chi connectivity index (χ1n) is 15.6. The van der Waals surface area contributed by atoms with Crippen LogP contribution < -0.4 is 0 Å². The van der Waals surface area contributed by atoms with Crippen molar-refractivity contribution in [3.8, 4) is 5.75 Å². The van der Waals surface area contributed by atoms with Crippen molar-refractivity contribution < 1.29 is 5.11 Å². The summed E-state index contributed by atoms with van der Waals surface area (Å²) in [6.07, 6.45) is 26.9. The topological polar surface area (TPSA) is 20.2 Å². The van der Waals surface area contributed by atoms with E-state index in [1.165, 1.54) is 77.8 Å². The molecular formula is C37H50OSi3. The van der Waals surface area contributed by atoms with E-state index >= 15 is 0 Å². The minimum atomic E-state index is -1.52. The molecule has 1 aromatic carbocycles. The molecule has 1 aromatic rings. The van der Waals surface area contributed by atoms with E-state index in [0.717, 1.165) is 0 Å². The van der Waals surface area contributed by atoms with E-state index in [0.29, 0.717) is 5.75 Å². The summed E-state index contributed by atoms with van der Waals surface area (Å²) >= 11 is 0. The van der Waals surface area contributed by atoms with Gasteiger partial charge in [-0.3, -0.25) is 0 Å². The minimum absolute atomic E-state index is 0.133. The molecule has 3 aliphatic carbocycles. The monoisotopic (exact) mass is 594 g/mol. The number of hydrogen-bond donors (Lipinski definition) is 1. The molecule has 0 saturated heterocycles. The van der Waals surface area contributed by atoms with Crippen molar-refractivity contribution in [3.05, 3.63) is 117 Å². The molecule has 0 atom stereocenters. The van der Waals surface area contributed by atoms with Gasteiger partial charge in [-0.1, -0.05) is 125 Å². The van der Waals surface area contributed by atoms with Gasteiger partial charge in [-0.15, -0.1) is 17.2 Å². The fraction of sp³-hybridized carbons (Fsp3) is 0.432. The van der Waals surface area contributed by atoms with Gasteiger partial charge in [0.05, 0.1) is 24.2 Å². The van der Waals surface area contributed by atoms with Gasteiger partial charge < -0.3 is 5.11 Å². The van der Waals surface area contributed by atoms with E-state index in [4.69, 9.17) is 0 Å². The van der Waals surface area contributed by atoms with Gasteiger partial charge in [-0.2, -0.15) is 0 Å². The Labute approximate surface area is 252 Å². The highest BCUT2D eigenvalue weighted by atomic mass is 28.3. The molecule has 0 aromatic heterocycles. The van der Waals surface area contributed by atoms with Gasteiger partial charge in [0, 0.05) is 0 Å². The van der Waals surface area contributed by atoms with Gasteiger partial charge in [0.25, 0.3) is 0 Å². The van der Waals surface area contributed by atoms with Crippen LogP contribution in [0.3, 0.4) is 0 Å². The first-order chi connectivity index (χ1) is 19.4. The van der Waals surface area contributed by atoms with Crippen LogP contribution >= 0.6 is 0 Å². The normalized spacial score (nSPS) is 16.2. The number of rotatable bonds is 16. The molecule has 0 unspecified atom stereocenters. The summed E-state index contributed by atoms with van der Waals surface area (Å²) in [5.74, 6) is 0.364. The van der Waals surface area contributed by atoms with Crippen LogP contribution in [0.25, 0.3) is 0 Å². The molecular weight excluding hydrogens is 545 g/mol. The summed E-state index contributed by atoms with van der Waals surface area (Å²) in [6, 6.07) is 12.2. The molecule has 3 aliphatic rings. The largest absolute Gasteiger partial charge is 0.508 e. The molecule has 0 heterocycles. The second kappa shape index (κ2) is 13.2. The number of benzene rings is 1. The van der Waals surface area contributed by atoms with Crippen LogP contribution in [-0.4, -0.2) is 29.3 Å². The zero-order chi connectivity index (χ0) is 29.6. The molecule has 1 N–H and O–H groups in total. The highest BCUT2D eigenvalue weighted by Gasteiger charge is 2.36. The van der Waals surface area contributed by atoms with Crippen LogP contribution in [0, 0.1) is 0 Å². The van der Waals surface area contributed by atoms with Gasteiger partial charge in [0.1, 0.15) is 5.75 Å². The lowest BCUT2D eigenvalue weighted by Crippen LogP contribution is -2.33. The number of allylic oxidation sites excluding steroid dienone is 9. The fourth-order valence-corrected chi connectivity index (χ4v) is 13.9. The third-order valence-corrected chi connectivity index (χ3v) is 20.0. The molecule has 0 amide bonds. The van der Waals surface area contributed by atoms with E-state index in [2.05, 4.69) is 123 Å². The number of aromatic hydroxyl groups is 1. The average Bonchev–Trinajstić information content (AvgIpc) is 3.72. The minimum Gasteiger partial charge on any atom is -0.508 e. The first-order valence-corrected chi connectivity index (χ1v) is 25.3. The maximum atomic E-state index is 10.2. The Morgan fingerprint density at radius 3 is 1.20 bits per heavy atom. The van der Waals surface area contributed by atoms with Crippen LogP contribution in [0.2, 0.25) is 57.4 Å². The molecule has 0 spiro atoms. The van der Waals surface area contributed by atoms with Crippen molar-refractivity contribution in [2.75, 3.05) is 0 Å². The lowest BCUT2D eigenvalue weighted by atomic mass is 9.70. The van der Waals surface area contributed by atoms with Gasteiger partial charge in [0.2, 0.25) is 0 Å². The molecule has 0 bridgehead atoms. The second-order valence-corrected chi connectivity index (χ2v) is 28.7. The Balaban J connectivity index is 1.57.